The molecule has 41 heavy (non-hydrogen) atoms. The largest absolute Gasteiger partial charge is 0.416 e. The summed E-state index contributed by atoms with van der Waals surface area (Å²) in [4.78, 5) is 22.1. The second-order valence-electron chi connectivity index (χ2n) is 10.0. The normalized spacial score (nSPS) is 19.4. The van der Waals surface area contributed by atoms with E-state index in [1.165, 1.54) is 42.3 Å². The molecule has 4 heterocycles. The average molecular weight is 587 g/mol. The van der Waals surface area contributed by atoms with Gasteiger partial charge in [-0.15, -0.1) is 0 Å². The van der Waals surface area contributed by atoms with E-state index in [9.17, 15) is 30.8 Å². The van der Waals surface area contributed by atoms with Gasteiger partial charge in [-0.3, -0.25) is 9.78 Å². The number of aryl methyl sites for hydroxylation is 1. The second kappa shape index (κ2) is 9.45. The standard InChI is InChI=1S/C27H22F4N6O3S/c1-35-11-9-33-25(35)41(39,40)36-10-7-18-13-23-17(15-34-37(23)21-4-2-20(28)3-5-21)14-26(18,16-36)24(38)22-12-19(6-8-32-22)27(29,30)31/h2-6,8-9,11-13,15H,7,10,14,16H2,1H3/t26-/m0/s1. The Labute approximate surface area is 231 Å². The Morgan fingerprint density at radius 2 is 1.83 bits per heavy atom. The van der Waals surface area contributed by atoms with Gasteiger partial charge in [-0.05, 0) is 60.9 Å². The van der Waals surface area contributed by atoms with Gasteiger partial charge in [0.05, 0.1) is 28.6 Å². The molecule has 0 bridgehead atoms. The number of rotatable bonds is 5. The topological polar surface area (TPSA) is 103 Å². The molecule has 1 atom stereocenters. The zero-order valence-corrected chi connectivity index (χ0v) is 22.3. The van der Waals surface area contributed by atoms with Crippen LogP contribution in [0, 0.1) is 11.2 Å². The number of carbonyl (C=O) groups excluding carboxylic acids is 1. The van der Waals surface area contributed by atoms with Crippen LogP contribution in [0.2, 0.25) is 0 Å². The number of benzene rings is 1. The molecule has 0 radical (unpaired) electrons. The van der Waals surface area contributed by atoms with Gasteiger partial charge in [0.25, 0.3) is 10.0 Å². The van der Waals surface area contributed by atoms with Crippen molar-refractivity contribution in [3.63, 3.8) is 0 Å². The zero-order chi connectivity index (χ0) is 29.2. The number of nitrogens with zero attached hydrogens (tertiary/aromatic N) is 6. The average Bonchev–Trinajstić information content (AvgIpc) is 3.57. The first-order valence-corrected chi connectivity index (χ1v) is 13.9. The number of aromatic nitrogens is 5. The van der Waals surface area contributed by atoms with Gasteiger partial charge in [-0.25, -0.2) is 22.5 Å². The third kappa shape index (κ3) is 4.47. The summed E-state index contributed by atoms with van der Waals surface area (Å²) in [5.41, 5.74) is -0.690. The van der Waals surface area contributed by atoms with E-state index in [2.05, 4.69) is 15.1 Å². The molecule has 1 saturated heterocycles. The molecule has 0 spiro atoms. The molecule has 212 valence electrons. The summed E-state index contributed by atoms with van der Waals surface area (Å²) < 4.78 is 85.4. The highest BCUT2D eigenvalue weighted by Gasteiger charge is 2.52. The van der Waals surface area contributed by atoms with E-state index >= 15 is 0 Å². The van der Waals surface area contributed by atoms with Crippen LogP contribution < -0.4 is 0 Å². The number of hydrogen-bond donors (Lipinski definition) is 0. The fraction of sp³-hybridized carbons (Fsp3) is 0.259. The third-order valence-electron chi connectivity index (χ3n) is 7.55. The fourth-order valence-electron chi connectivity index (χ4n) is 5.50. The van der Waals surface area contributed by atoms with Gasteiger partial charge in [-0.1, -0.05) is 5.57 Å². The van der Waals surface area contributed by atoms with Crippen molar-refractivity contribution in [3.8, 4) is 5.69 Å². The number of Topliss-reactive ketones (excluding diaryl/α,β-unsaturated/α-hetero) is 1. The minimum absolute atomic E-state index is 0.0199. The minimum atomic E-state index is -4.70. The quantitative estimate of drug-likeness (QED) is 0.258. The lowest BCUT2D eigenvalue weighted by molar-refractivity contribution is -0.137. The Balaban J connectivity index is 1.48. The highest BCUT2D eigenvalue weighted by molar-refractivity contribution is 7.89. The lowest BCUT2D eigenvalue weighted by Crippen LogP contribution is -2.53. The third-order valence-corrected chi connectivity index (χ3v) is 9.40. The molecule has 14 heteroatoms. The van der Waals surface area contributed by atoms with E-state index < -0.39 is 44.5 Å². The number of sulfonamides is 1. The Bertz CT molecular complexity index is 1810. The number of hydrogen-bond acceptors (Lipinski definition) is 6. The summed E-state index contributed by atoms with van der Waals surface area (Å²) >= 11 is 0. The summed E-state index contributed by atoms with van der Waals surface area (Å²) in [6.07, 6.45) is 2.38. The van der Waals surface area contributed by atoms with Crippen molar-refractivity contribution in [3.05, 3.63) is 95.1 Å². The SMILES string of the molecule is Cn1ccnc1S(=O)(=O)N1CCC2=Cc3c(cnn3-c3ccc(F)cc3)C[C@]2(C(=O)c2cc(C(F)(F)F)ccn2)C1. The number of piperidine rings is 1. The van der Waals surface area contributed by atoms with Crippen LogP contribution in [-0.2, 0) is 29.7 Å². The summed E-state index contributed by atoms with van der Waals surface area (Å²) in [5.74, 6) is -1.15. The van der Waals surface area contributed by atoms with Crippen LogP contribution in [0.4, 0.5) is 17.6 Å². The smallest absolute Gasteiger partial charge is 0.324 e. The maximum absolute atomic E-state index is 14.2. The van der Waals surface area contributed by atoms with E-state index in [1.54, 1.807) is 22.9 Å². The summed E-state index contributed by atoms with van der Waals surface area (Å²) in [6, 6.07) is 7.13. The number of ketones is 1. The highest BCUT2D eigenvalue weighted by atomic mass is 32.2. The Hall–Kier alpha value is -4.17. The number of imidazole rings is 1. The minimum Gasteiger partial charge on any atom is -0.324 e. The fourth-order valence-corrected chi connectivity index (χ4v) is 7.07. The predicted molar refractivity (Wildman–Crippen MR) is 138 cm³/mol. The van der Waals surface area contributed by atoms with Crippen LogP contribution in [0.1, 0.15) is 33.7 Å². The molecule has 1 aliphatic heterocycles. The Kier molecular flexibility index (Phi) is 6.23. The second-order valence-corrected chi connectivity index (χ2v) is 11.9. The van der Waals surface area contributed by atoms with Crippen molar-refractivity contribution >= 4 is 21.9 Å². The van der Waals surface area contributed by atoms with Gasteiger partial charge in [0, 0.05) is 38.7 Å². The van der Waals surface area contributed by atoms with Gasteiger partial charge in [0.1, 0.15) is 11.5 Å². The molecule has 3 aromatic heterocycles. The summed E-state index contributed by atoms with van der Waals surface area (Å²) in [7, 11) is -2.63. The van der Waals surface area contributed by atoms with Crippen LogP contribution in [-0.4, -0.2) is 55.9 Å². The van der Waals surface area contributed by atoms with Crippen molar-refractivity contribution in [2.75, 3.05) is 13.1 Å². The number of carbonyl (C=O) groups is 1. The molecule has 4 aromatic rings. The molecule has 2 aliphatic rings. The van der Waals surface area contributed by atoms with Gasteiger partial charge in [-0.2, -0.15) is 22.6 Å². The first kappa shape index (κ1) is 27.0. The van der Waals surface area contributed by atoms with Crippen LogP contribution in [0.5, 0.6) is 0 Å². The summed E-state index contributed by atoms with van der Waals surface area (Å²) in [6.45, 7) is -0.307. The monoisotopic (exact) mass is 586 g/mol. The van der Waals surface area contributed by atoms with E-state index in [4.69, 9.17) is 0 Å². The van der Waals surface area contributed by atoms with Crippen molar-refractivity contribution in [2.24, 2.45) is 12.5 Å². The maximum atomic E-state index is 14.2. The molecule has 0 amide bonds. The number of pyridine rings is 1. The zero-order valence-electron chi connectivity index (χ0n) is 21.5. The molecular formula is C27H22F4N6O3S. The van der Waals surface area contributed by atoms with Crippen molar-refractivity contribution in [1.29, 1.82) is 0 Å². The predicted octanol–water partition coefficient (Wildman–Crippen LogP) is 4.06. The van der Waals surface area contributed by atoms with Gasteiger partial charge < -0.3 is 4.57 Å². The van der Waals surface area contributed by atoms with Crippen LogP contribution in [0.15, 0.2) is 71.9 Å². The van der Waals surface area contributed by atoms with Gasteiger partial charge in [0.2, 0.25) is 5.16 Å². The van der Waals surface area contributed by atoms with E-state index in [-0.39, 0.29) is 31.1 Å². The first-order valence-electron chi connectivity index (χ1n) is 12.5. The first-order chi connectivity index (χ1) is 19.4. The van der Waals surface area contributed by atoms with Gasteiger partial charge >= 0.3 is 6.18 Å². The molecule has 9 nitrogen and oxygen atoms in total. The molecule has 1 aromatic carbocycles. The van der Waals surface area contributed by atoms with Crippen LogP contribution >= 0.6 is 0 Å². The Morgan fingerprint density at radius 1 is 1.07 bits per heavy atom. The lowest BCUT2D eigenvalue weighted by Gasteiger charge is -2.44. The lowest BCUT2D eigenvalue weighted by atomic mass is 9.65. The van der Waals surface area contributed by atoms with Crippen molar-refractivity contribution in [2.45, 2.75) is 24.2 Å². The van der Waals surface area contributed by atoms with E-state index in [0.717, 1.165) is 16.6 Å². The van der Waals surface area contributed by atoms with Crippen molar-refractivity contribution < 1.29 is 30.8 Å². The van der Waals surface area contributed by atoms with Crippen LogP contribution in [0.3, 0.4) is 0 Å². The van der Waals surface area contributed by atoms with E-state index in [0.29, 0.717) is 28.6 Å². The van der Waals surface area contributed by atoms with Crippen LogP contribution in [0.25, 0.3) is 11.8 Å². The number of alkyl halides is 3. The molecular weight excluding hydrogens is 564 g/mol. The van der Waals surface area contributed by atoms with Crippen molar-refractivity contribution in [1.82, 2.24) is 28.6 Å². The molecule has 0 N–H and O–H groups in total. The Morgan fingerprint density at radius 3 is 2.51 bits per heavy atom. The maximum Gasteiger partial charge on any atom is 0.416 e. The molecule has 0 saturated carbocycles. The molecule has 6 rings (SSSR count). The summed E-state index contributed by atoms with van der Waals surface area (Å²) in [5, 5.41) is 4.20. The highest BCUT2D eigenvalue weighted by Crippen LogP contribution is 2.47. The number of halogens is 4. The molecule has 0 unspecified atom stereocenters. The molecule has 1 fully saturated rings. The van der Waals surface area contributed by atoms with Gasteiger partial charge in [0.15, 0.2) is 5.78 Å². The number of fused-ring (bicyclic) bond motifs is 2. The molecule has 1 aliphatic carbocycles. The van der Waals surface area contributed by atoms with E-state index in [1.807, 2.05) is 0 Å².